The van der Waals surface area contributed by atoms with E-state index in [-0.39, 0.29) is 18.2 Å². The Balaban J connectivity index is 1.43. The summed E-state index contributed by atoms with van der Waals surface area (Å²) in [4.78, 5) is 27.4. The van der Waals surface area contributed by atoms with Gasteiger partial charge < -0.3 is 14.7 Å². The number of hydrogen-bond acceptors (Lipinski definition) is 6. The molecule has 0 saturated carbocycles. The minimum Gasteiger partial charge on any atom is -0.491 e. The van der Waals surface area contributed by atoms with Crippen LogP contribution in [0.3, 0.4) is 0 Å². The maximum atomic E-state index is 11.4. The first kappa shape index (κ1) is 21.0. The third-order valence-corrected chi connectivity index (χ3v) is 5.16. The first-order chi connectivity index (χ1) is 13.9. The predicted octanol–water partition coefficient (Wildman–Crippen LogP) is 2.65. The quantitative estimate of drug-likeness (QED) is 0.692. The highest BCUT2D eigenvalue weighted by Crippen LogP contribution is 2.18. The number of β-amino-alcohol motifs (C(OH)–C–C–N with tert-alkyl or cyclic N) is 1. The van der Waals surface area contributed by atoms with Crippen molar-refractivity contribution in [3.63, 3.8) is 0 Å². The summed E-state index contributed by atoms with van der Waals surface area (Å²) < 4.78 is 5.65. The van der Waals surface area contributed by atoms with Gasteiger partial charge in [0.2, 0.25) is 0 Å². The molecule has 0 aromatic heterocycles. The molecule has 0 aliphatic carbocycles. The number of aliphatic hydroxyl groups excluding tert-OH is 1. The van der Waals surface area contributed by atoms with Crippen molar-refractivity contribution in [1.82, 2.24) is 4.90 Å². The average molecular weight is 396 g/mol. The SMILES string of the molecule is CC(=O)c1ccc(N2CCN(CC(O)COc3cccc(C(C)=O)c3)CC2)cc1. The van der Waals surface area contributed by atoms with Gasteiger partial charge in [0.25, 0.3) is 0 Å². The maximum Gasteiger partial charge on any atom is 0.159 e. The van der Waals surface area contributed by atoms with Crippen LogP contribution < -0.4 is 9.64 Å². The number of rotatable bonds is 8. The van der Waals surface area contributed by atoms with Crippen LogP contribution in [-0.4, -0.2) is 67.0 Å². The van der Waals surface area contributed by atoms with Crippen LogP contribution in [0.25, 0.3) is 0 Å². The Kier molecular flexibility index (Phi) is 7.01. The molecule has 6 nitrogen and oxygen atoms in total. The first-order valence-electron chi connectivity index (χ1n) is 9.92. The van der Waals surface area contributed by atoms with Crippen molar-refractivity contribution in [2.75, 3.05) is 44.2 Å². The standard InChI is InChI=1S/C23H28N2O4/c1-17(26)19-6-8-21(9-7-19)25-12-10-24(11-13-25)15-22(28)16-29-23-5-3-4-20(14-23)18(2)27/h3-9,14,22,28H,10-13,15-16H2,1-2H3. The van der Waals surface area contributed by atoms with Gasteiger partial charge in [0.05, 0.1) is 0 Å². The van der Waals surface area contributed by atoms with E-state index in [1.165, 1.54) is 6.92 Å². The normalized spacial score (nSPS) is 15.8. The summed E-state index contributed by atoms with van der Waals surface area (Å²) in [5.74, 6) is 0.658. The topological polar surface area (TPSA) is 70.1 Å². The zero-order valence-electron chi connectivity index (χ0n) is 17.0. The minimum atomic E-state index is -0.600. The molecule has 29 heavy (non-hydrogen) atoms. The first-order valence-corrected chi connectivity index (χ1v) is 9.92. The lowest BCUT2D eigenvalue weighted by Crippen LogP contribution is -2.49. The van der Waals surface area contributed by atoms with Crippen LogP contribution in [0.15, 0.2) is 48.5 Å². The van der Waals surface area contributed by atoms with Crippen LogP contribution in [-0.2, 0) is 0 Å². The zero-order valence-corrected chi connectivity index (χ0v) is 17.0. The second-order valence-electron chi connectivity index (χ2n) is 7.44. The number of ether oxygens (including phenoxy) is 1. The number of piperazine rings is 1. The number of anilines is 1. The molecule has 0 bridgehead atoms. The molecule has 2 aromatic rings. The highest BCUT2D eigenvalue weighted by molar-refractivity contribution is 5.94. The van der Waals surface area contributed by atoms with Gasteiger partial charge in [0, 0.05) is 49.5 Å². The maximum absolute atomic E-state index is 11.4. The van der Waals surface area contributed by atoms with E-state index in [4.69, 9.17) is 4.74 Å². The number of benzene rings is 2. The van der Waals surface area contributed by atoms with E-state index in [9.17, 15) is 14.7 Å². The molecular formula is C23H28N2O4. The Bertz CT molecular complexity index is 842. The average Bonchev–Trinajstić information content (AvgIpc) is 2.73. The lowest BCUT2D eigenvalue weighted by molar-refractivity contribution is 0.0663. The highest BCUT2D eigenvalue weighted by atomic mass is 16.5. The molecule has 154 valence electrons. The van der Waals surface area contributed by atoms with Gasteiger partial charge in [-0.05, 0) is 50.2 Å². The summed E-state index contributed by atoms with van der Waals surface area (Å²) >= 11 is 0. The number of carbonyl (C=O) groups is 2. The number of carbonyl (C=O) groups excluding carboxylic acids is 2. The zero-order chi connectivity index (χ0) is 20.8. The molecule has 1 heterocycles. The molecule has 6 heteroatoms. The fourth-order valence-electron chi connectivity index (χ4n) is 3.44. The van der Waals surface area contributed by atoms with Crippen molar-refractivity contribution in [1.29, 1.82) is 0 Å². The van der Waals surface area contributed by atoms with Gasteiger partial charge in [-0.15, -0.1) is 0 Å². The van der Waals surface area contributed by atoms with E-state index in [0.717, 1.165) is 37.4 Å². The van der Waals surface area contributed by atoms with Gasteiger partial charge in [0.1, 0.15) is 18.5 Å². The van der Waals surface area contributed by atoms with Gasteiger partial charge >= 0.3 is 0 Å². The largest absolute Gasteiger partial charge is 0.491 e. The second-order valence-corrected chi connectivity index (χ2v) is 7.44. The Morgan fingerprint density at radius 3 is 2.24 bits per heavy atom. The summed E-state index contributed by atoms with van der Waals surface area (Å²) in [6.45, 7) is 7.27. The number of hydrogen-bond donors (Lipinski definition) is 1. The molecule has 1 atom stereocenters. The third-order valence-electron chi connectivity index (χ3n) is 5.16. The van der Waals surface area contributed by atoms with Crippen LogP contribution >= 0.6 is 0 Å². The fourth-order valence-corrected chi connectivity index (χ4v) is 3.44. The van der Waals surface area contributed by atoms with Crippen molar-refractivity contribution in [2.24, 2.45) is 0 Å². The van der Waals surface area contributed by atoms with E-state index >= 15 is 0 Å². The van der Waals surface area contributed by atoms with E-state index < -0.39 is 6.10 Å². The molecule has 0 spiro atoms. The molecule has 0 amide bonds. The van der Waals surface area contributed by atoms with Crippen LogP contribution in [0.1, 0.15) is 34.6 Å². The Hall–Kier alpha value is -2.70. The molecule has 3 rings (SSSR count). The Morgan fingerprint density at radius 2 is 1.62 bits per heavy atom. The highest BCUT2D eigenvalue weighted by Gasteiger charge is 2.20. The van der Waals surface area contributed by atoms with Gasteiger partial charge in [-0.3, -0.25) is 14.5 Å². The van der Waals surface area contributed by atoms with Gasteiger partial charge in [0.15, 0.2) is 11.6 Å². The number of nitrogens with zero attached hydrogens (tertiary/aromatic N) is 2. The predicted molar refractivity (Wildman–Crippen MR) is 113 cm³/mol. The van der Waals surface area contributed by atoms with Crippen molar-refractivity contribution in [2.45, 2.75) is 20.0 Å². The van der Waals surface area contributed by atoms with Crippen LogP contribution in [0.4, 0.5) is 5.69 Å². The summed E-state index contributed by atoms with van der Waals surface area (Å²) in [6.07, 6.45) is -0.600. The van der Waals surface area contributed by atoms with Crippen molar-refractivity contribution < 1.29 is 19.4 Å². The number of Topliss-reactive ketones (excluding diaryl/α,β-unsaturated/α-hetero) is 2. The molecule has 1 N–H and O–H groups in total. The van der Waals surface area contributed by atoms with Crippen molar-refractivity contribution in [3.05, 3.63) is 59.7 Å². The summed E-state index contributed by atoms with van der Waals surface area (Å²) in [5, 5.41) is 10.3. The Labute approximate surface area is 171 Å². The van der Waals surface area contributed by atoms with Crippen molar-refractivity contribution >= 4 is 17.3 Å². The molecular weight excluding hydrogens is 368 g/mol. The number of aliphatic hydroxyl groups is 1. The minimum absolute atomic E-state index is 0.00944. The summed E-state index contributed by atoms with van der Waals surface area (Å²) in [7, 11) is 0. The molecule has 1 aliphatic rings. The molecule has 1 aliphatic heterocycles. The van der Waals surface area contributed by atoms with E-state index in [2.05, 4.69) is 9.80 Å². The van der Waals surface area contributed by atoms with Crippen LogP contribution in [0.5, 0.6) is 5.75 Å². The fraction of sp³-hybridized carbons (Fsp3) is 0.391. The lowest BCUT2D eigenvalue weighted by Gasteiger charge is -2.36. The second kappa shape index (κ2) is 9.67. The van der Waals surface area contributed by atoms with E-state index in [1.807, 2.05) is 24.3 Å². The molecule has 1 unspecified atom stereocenters. The monoisotopic (exact) mass is 396 g/mol. The Morgan fingerprint density at radius 1 is 0.966 bits per heavy atom. The van der Waals surface area contributed by atoms with Crippen LogP contribution in [0.2, 0.25) is 0 Å². The molecule has 1 saturated heterocycles. The molecule has 2 aromatic carbocycles. The summed E-state index contributed by atoms with van der Waals surface area (Å²) in [6, 6.07) is 14.7. The van der Waals surface area contributed by atoms with E-state index in [0.29, 0.717) is 17.9 Å². The van der Waals surface area contributed by atoms with Gasteiger partial charge in [-0.1, -0.05) is 12.1 Å². The van der Waals surface area contributed by atoms with E-state index in [1.54, 1.807) is 31.2 Å². The molecule has 1 fully saturated rings. The van der Waals surface area contributed by atoms with Gasteiger partial charge in [-0.2, -0.15) is 0 Å². The third kappa shape index (κ3) is 5.89. The number of ketones is 2. The lowest BCUT2D eigenvalue weighted by atomic mass is 10.1. The summed E-state index contributed by atoms with van der Waals surface area (Å²) in [5.41, 5.74) is 2.44. The van der Waals surface area contributed by atoms with Crippen LogP contribution in [0, 0.1) is 0 Å². The molecule has 0 radical (unpaired) electrons. The smallest absolute Gasteiger partial charge is 0.159 e. The van der Waals surface area contributed by atoms with Gasteiger partial charge in [-0.25, -0.2) is 0 Å². The van der Waals surface area contributed by atoms with Crippen molar-refractivity contribution in [3.8, 4) is 5.75 Å².